The summed E-state index contributed by atoms with van der Waals surface area (Å²) in [6, 6.07) is 15.0. The van der Waals surface area contributed by atoms with E-state index in [2.05, 4.69) is 52.0 Å². The second-order valence-electron chi connectivity index (χ2n) is 13.1. The molecule has 1 spiro atoms. The van der Waals surface area contributed by atoms with E-state index in [0.29, 0.717) is 30.4 Å². The fourth-order valence-corrected chi connectivity index (χ4v) is 8.69. The van der Waals surface area contributed by atoms with Crippen LogP contribution in [0.5, 0.6) is 0 Å². The predicted octanol–water partition coefficient (Wildman–Crippen LogP) is 6.04. The van der Waals surface area contributed by atoms with Gasteiger partial charge in [0.15, 0.2) is 0 Å². The summed E-state index contributed by atoms with van der Waals surface area (Å²) in [7, 11) is 0. The molecular formula is C33H36N6. The number of H-pyrrole nitrogens is 1. The largest absolute Gasteiger partial charge is 0.341 e. The Morgan fingerprint density at radius 1 is 0.949 bits per heavy atom. The Labute approximate surface area is 229 Å². The van der Waals surface area contributed by atoms with Crippen LogP contribution in [0.25, 0.3) is 33.5 Å². The first-order valence-electron chi connectivity index (χ1n) is 15.1. The van der Waals surface area contributed by atoms with Gasteiger partial charge < -0.3 is 21.0 Å². The van der Waals surface area contributed by atoms with Crippen molar-refractivity contribution in [2.45, 2.75) is 81.5 Å². The van der Waals surface area contributed by atoms with E-state index in [1.165, 1.54) is 84.9 Å². The molecule has 1 aromatic heterocycles. The molecule has 4 N–H and O–H groups in total. The van der Waals surface area contributed by atoms with Crippen molar-refractivity contribution in [2.75, 3.05) is 6.54 Å². The van der Waals surface area contributed by atoms with Crippen molar-refractivity contribution in [3.05, 3.63) is 54.0 Å². The zero-order chi connectivity index (χ0) is 25.7. The molecule has 0 radical (unpaired) electrons. The highest BCUT2D eigenvalue weighted by atomic mass is 15.1. The Kier molecular flexibility index (Phi) is 4.78. The number of aromatic nitrogens is 2. The summed E-state index contributed by atoms with van der Waals surface area (Å²) < 4.78 is 0. The first-order valence-corrected chi connectivity index (χ1v) is 15.1. The number of aromatic amines is 1. The molecule has 3 aromatic rings. The molecule has 4 aliphatic carbocycles. The third-order valence-electron chi connectivity index (χ3n) is 10.9. The van der Waals surface area contributed by atoms with E-state index >= 15 is 0 Å². The fourth-order valence-electron chi connectivity index (χ4n) is 8.69. The highest BCUT2D eigenvalue weighted by Gasteiger charge is 2.58. The maximum absolute atomic E-state index is 8.73. The van der Waals surface area contributed by atoms with Gasteiger partial charge in [-0.2, -0.15) is 0 Å². The lowest BCUT2D eigenvalue weighted by molar-refractivity contribution is 0.516. The monoisotopic (exact) mass is 516 g/mol. The molecule has 0 amide bonds. The van der Waals surface area contributed by atoms with E-state index in [9.17, 15) is 0 Å². The van der Waals surface area contributed by atoms with Crippen LogP contribution in [0.3, 0.4) is 0 Å². The standard InChI is InChI=1S/C33H36N6/c34-26(16-35-31-15-33(31)14-21-4-2-6-28(21)39-33)18-7-9-22-24(11-18)23-10-8-20(12-25(22)23)30-17-36-32(38-30)29-13-19-3-1-5-27(19)37-29/h7-12,17,19,21,27-29,34,37,39H,1-6,13-16H2,(H,36,38). The van der Waals surface area contributed by atoms with Crippen molar-refractivity contribution in [1.29, 1.82) is 5.41 Å². The van der Waals surface area contributed by atoms with Crippen molar-refractivity contribution in [1.82, 2.24) is 20.6 Å². The molecule has 9 rings (SSSR count). The van der Waals surface area contributed by atoms with Crippen LogP contribution in [0.1, 0.15) is 75.2 Å². The van der Waals surface area contributed by atoms with E-state index in [1.54, 1.807) is 0 Å². The third-order valence-corrected chi connectivity index (χ3v) is 10.9. The van der Waals surface area contributed by atoms with Gasteiger partial charge in [-0.15, -0.1) is 0 Å². The summed E-state index contributed by atoms with van der Waals surface area (Å²) in [4.78, 5) is 13.3. The quantitative estimate of drug-likeness (QED) is 0.244. The number of nitrogens with zero attached hydrogens (tertiary/aromatic N) is 2. The molecule has 6 nitrogen and oxygen atoms in total. The molecule has 198 valence electrons. The van der Waals surface area contributed by atoms with Gasteiger partial charge in [-0.3, -0.25) is 4.99 Å². The van der Waals surface area contributed by atoms with Gasteiger partial charge in [0.05, 0.1) is 35.7 Å². The number of nitrogens with one attached hydrogen (secondary N) is 4. The lowest BCUT2D eigenvalue weighted by atomic mass is 9.78. The minimum atomic E-state index is 0.190. The van der Waals surface area contributed by atoms with Crippen LogP contribution >= 0.6 is 0 Å². The summed E-state index contributed by atoms with van der Waals surface area (Å²) in [5.41, 5.74) is 10.5. The number of benzene rings is 2. The highest BCUT2D eigenvalue weighted by molar-refractivity contribution is 6.12. The van der Waals surface area contributed by atoms with Gasteiger partial charge in [0.1, 0.15) is 5.82 Å². The smallest absolute Gasteiger partial charge is 0.123 e. The summed E-state index contributed by atoms with van der Waals surface area (Å²) in [6.45, 7) is 0.484. The Morgan fingerprint density at radius 2 is 1.77 bits per heavy atom. The van der Waals surface area contributed by atoms with Crippen LogP contribution in [-0.4, -0.2) is 45.6 Å². The Balaban J connectivity index is 0.886. The Hall–Kier alpha value is -3.09. The fraction of sp³-hybridized carbons (Fsp3) is 0.485. The molecule has 3 heterocycles. The van der Waals surface area contributed by atoms with Crippen LogP contribution < -0.4 is 10.6 Å². The summed E-state index contributed by atoms with van der Waals surface area (Å²) >= 11 is 0. The van der Waals surface area contributed by atoms with Gasteiger partial charge >= 0.3 is 0 Å². The van der Waals surface area contributed by atoms with Gasteiger partial charge in [-0.25, -0.2) is 4.98 Å². The average Bonchev–Trinajstić information content (AvgIpc) is 3.56. The van der Waals surface area contributed by atoms with Crippen LogP contribution in [-0.2, 0) is 0 Å². The van der Waals surface area contributed by atoms with Crippen LogP contribution in [0.2, 0.25) is 0 Å². The van der Waals surface area contributed by atoms with E-state index in [-0.39, 0.29) is 5.54 Å². The van der Waals surface area contributed by atoms with Crippen LogP contribution in [0.4, 0.5) is 0 Å². The number of fused-ring (bicyclic) bond motifs is 6. The molecule has 2 aromatic carbocycles. The SMILES string of the molecule is N=C(CN=C1CC12CC1CCCC1N2)c1ccc2c(c1)-c1ccc(-c3cnc(C4CC5CCCC5N4)[nH]3)cc1-2. The number of hydrogen-bond donors (Lipinski definition) is 4. The minimum absolute atomic E-state index is 0.190. The van der Waals surface area contributed by atoms with Gasteiger partial charge in [-0.1, -0.05) is 37.1 Å². The van der Waals surface area contributed by atoms with E-state index in [4.69, 9.17) is 15.4 Å². The lowest BCUT2D eigenvalue weighted by Gasteiger charge is -2.25. The van der Waals surface area contributed by atoms with Gasteiger partial charge in [0.25, 0.3) is 0 Å². The number of aliphatic imine (C=N–C) groups is 1. The zero-order valence-electron chi connectivity index (χ0n) is 22.4. The predicted molar refractivity (Wildman–Crippen MR) is 155 cm³/mol. The summed E-state index contributed by atoms with van der Waals surface area (Å²) in [6.07, 6.45) is 13.7. The van der Waals surface area contributed by atoms with Crippen molar-refractivity contribution < 1.29 is 0 Å². The van der Waals surface area contributed by atoms with Crippen LogP contribution in [0, 0.1) is 17.2 Å². The van der Waals surface area contributed by atoms with E-state index in [0.717, 1.165) is 35.3 Å². The third kappa shape index (κ3) is 3.50. The highest BCUT2D eigenvalue weighted by Crippen LogP contribution is 2.50. The second kappa shape index (κ2) is 8.21. The number of imidazole rings is 1. The molecule has 2 saturated heterocycles. The molecule has 6 heteroatoms. The van der Waals surface area contributed by atoms with Crippen LogP contribution in [0.15, 0.2) is 47.6 Å². The van der Waals surface area contributed by atoms with Crippen molar-refractivity contribution in [3.63, 3.8) is 0 Å². The second-order valence-corrected chi connectivity index (χ2v) is 13.1. The summed E-state index contributed by atoms with van der Waals surface area (Å²) in [5, 5.41) is 16.4. The average molecular weight is 517 g/mol. The summed E-state index contributed by atoms with van der Waals surface area (Å²) in [5.74, 6) is 2.76. The molecule has 0 bridgehead atoms. The molecule has 6 aliphatic rings. The molecule has 6 unspecified atom stereocenters. The Bertz CT molecular complexity index is 1520. The van der Waals surface area contributed by atoms with E-state index < -0.39 is 0 Å². The molecule has 5 fully saturated rings. The van der Waals surface area contributed by atoms with Crippen molar-refractivity contribution in [3.8, 4) is 33.5 Å². The maximum atomic E-state index is 8.73. The normalized spacial score (nSPS) is 34.2. The first kappa shape index (κ1) is 22.7. The molecule has 3 saturated carbocycles. The van der Waals surface area contributed by atoms with Gasteiger partial charge in [0, 0.05) is 29.8 Å². The minimum Gasteiger partial charge on any atom is -0.341 e. The topological polar surface area (TPSA) is 88.9 Å². The maximum Gasteiger partial charge on any atom is 0.123 e. The molecule has 6 atom stereocenters. The molecule has 2 aliphatic heterocycles. The molecule has 39 heavy (non-hydrogen) atoms. The van der Waals surface area contributed by atoms with Crippen molar-refractivity contribution in [2.24, 2.45) is 16.8 Å². The number of rotatable bonds is 5. The Morgan fingerprint density at radius 3 is 2.64 bits per heavy atom. The number of hydrogen-bond acceptors (Lipinski definition) is 5. The van der Waals surface area contributed by atoms with E-state index in [1.807, 2.05) is 6.20 Å². The molecular weight excluding hydrogens is 480 g/mol. The lowest BCUT2D eigenvalue weighted by Crippen LogP contribution is -2.32. The van der Waals surface area contributed by atoms with Crippen molar-refractivity contribution >= 4 is 11.4 Å². The first-order chi connectivity index (χ1) is 19.1. The zero-order valence-corrected chi connectivity index (χ0v) is 22.4. The van der Waals surface area contributed by atoms with Gasteiger partial charge in [-0.05, 0) is 90.3 Å². The van der Waals surface area contributed by atoms with Gasteiger partial charge in [0.2, 0.25) is 0 Å².